The van der Waals surface area contributed by atoms with Crippen LogP contribution in [0.4, 0.5) is 22.0 Å². The van der Waals surface area contributed by atoms with Crippen molar-refractivity contribution in [2.24, 2.45) is 4.99 Å². The largest absolute Gasteiger partial charge is 1.00 e. The molecule has 0 fully saturated rings. The first-order chi connectivity index (χ1) is 17.9. The number of H-pyrrole nitrogens is 2. The molecular formula is C26H29F5KN5O3-2. The number of hydrogen-bond acceptors (Lipinski definition) is 5. The van der Waals surface area contributed by atoms with Gasteiger partial charge in [0.25, 0.3) is 6.43 Å². The average molecular weight is 594 g/mol. The molecule has 214 valence electrons. The van der Waals surface area contributed by atoms with Crippen LogP contribution in [-0.2, 0) is 11.3 Å². The van der Waals surface area contributed by atoms with Gasteiger partial charge in [-0.25, -0.2) is 20.5 Å². The molecule has 14 heteroatoms. The number of nitrogens with zero attached hydrogens (tertiary/aromatic N) is 3. The van der Waals surface area contributed by atoms with E-state index in [1.165, 1.54) is 38.4 Å². The summed E-state index contributed by atoms with van der Waals surface area (Å²) >= 11 is 0. The molecule has 2 heterocycles. The van der Waals surface area contributed by atoms with E-state index >= 15 is 0 Å². The molecular weight excluding hydrogens is 564 g/mol. The normalized spacial score (nSPS) is 13.2. The van der Waals surface area contributed by atoms with Crippen LogP contribution in [0, 0.1) is 20.4 Å². The summed E-state index contributed by atoms with van der Waals surface area (Å²) < 4.78 is 72.9. The Morgan fingerprint density at radius 3 is 2.45 bits per heavy atom. The van der Waals surface area contributed by atoms with Gasteiger partial charge in [0.2, 0.25) is 0 Å². The molecule has 3 rings (SSSR count). The van der Waals surface area contributed by atoms with Gasteiger partial charge in [-0.05, 0) is 6.07 Å². The molecule has 1 aromatic carbocycles. The van der Waals surface area contributed by atoms with Crippen molar-refractivity contribution >= 4 is 16.8 Å². The molecule has 8 nitrogen and oxygen atoms in total. The summed E-state index contributed by atoms with van der Waals surface area (Å²) in [6, 6.07) is 3.82. The number of aromatic amines is 2. The van der Waals surface area contributed by atoms with Gasteiger partial charge in [-0.2, -0.15) is 23.8 Å². The quantitative estimate of drug-likeness (QED) is 0.110. The molecule has 1 unspecified atom stereocenters. The number of aromatic nitrogens is 4. The number of halogens is 5. The Morgan fingerprint density at radius 2 is 1.93 bits per heavy atom. The minimum atomic E-state index is -4.56. The topological polar surface area (TPSA) is 105 Å². The molecule has 0 aliphatic carbocycles. The average Bonchev–Trinajstić information content (AvgIpc) is 3.23. The number of alkyl halides is 5. The number of nitrogens with one attached hydrogen (secondary N) is 2. The van der Waals surface area contributed by atoms with E-state index in [-0.39, 0.29) is 86.9 Å². The second-order valence-corrected chi connectivity index (χ2v) is 7.61. The van der Waals surface area contributed by atoms with E-state index < -0.39 is 36.5 Å². The monoisotopic (exact) mass is 593 g/mol. The molecule has 2 aromatic heterocycles. The first kappa shape index (κ1) is 37.5. The van der Waals surface area contributed by atoms with Gasteiger partial charge >= 0.3 is 63.3 Å². The summed E-state index contributed by atoms with van der Waals surface area (Å²) in [7, 11) is 1.28. The van der Waals surface area contributed by atoms with E-state index in [9.17, 15) is 31.5 Å². The van der Waals surface area contributed by atoms with Gasteiger partial charge < -0.3 is 26.9 Å². The van der Waals surface area contributed by atoms with Crippen LogP contribution in [-0.4, -0.2) is 45.3 Å². The zero-order chi connectivity index (χ0) is 28.6. The number of aliphatic imine (C=N–C) groups is 1. The van der Waals surface area contributed by atoms with Crippen LogP contribution in [0.1, 0.15) is 38.0 Å². The van der Waals surface area contributed by atoms with Crippen molar-refractivity contribution in [2.45, 2.75) is 46.0 Å². The van der Waals surface area contributed by atoms with Gasteiger partial charge in [-0.1, -0.05) is 50.2 Å². The maximum Gasteiger partial charge on any atom is 1.00 e. The fraction of sp³-hybridized carbons (Fsp3) is 0.308. The summed E-state index contributed by atoms with van der Waals surface area (Å²) in [6.45, 7) is 7.91. The second kappa shape index (κ2) is 16.7. The Kier molecular flexibility index (Phi) is 15.6. The molecule has 1 atom stereocenters. The number of fused-ring (bicyclic) bond motifs is 1. The maximum atomic E-state index is 14.1. The Bertz CT molecular complexity index is 1450. The third-order valence-electron chi connectivity index (χ3n) is 4.88. The summed E-state index contributed by atoms with van der Waals surface area (Å²) in [4.78, 5) is 31.3. The molecule has 0 saturated heterocycles. The van der Waals surface area contributed by atoms with Gasteiger partial charge in [-0.15, -0.1) is 12.2 Å². The number of rotatable bonds is 7. The fourth-order valence-corrected chi connectivity index (χ4v) is 3.22. The Balaban J connectivity index is 0.00000372. The summed E-state index contributed by atoms with van der Waals surface area (Å²) in [5, 5.41) is 4.02. The first-order valence-electron chi connectivity index (χ1n) is 11.3. The van der Waals surface area contributed by atoms with Crippen molar-refractivity contribution in [3.05, 3.63) is 100 Å². The number of benzene rings is 1. The van der Waals surface area contributed by atoms with Crippen LogP contribution in [0.5, 0.6) is 0 Å². The predicted octanol–water partition coefficient (Wildman–Crippen LogP) is 2.37. The predicted molar refractivity (Wildman–Crippen MR) is 139 cm³/mol. The molecule has 0 spiro atoms. The van der Waals surface area contributed by atoms with Crippen LogP contribution in [0.2, 0.25) is 0 Å². The van der Waals surface area contributed by atoms with E-state index in [1.54, 1.807) is 0 Å². The molecule has 0 aliphatic rings. The van der Waals surface area contributed by atoms with E-state index in [2.05, 4.69) is 28.1 Å². The Morgan fingerprint density at radius 1 is 1.27 bits per heavy atom. The third kappa shape index (κ3) is 10.1. The van der Waals surface area contributed by atoms with Crippen LogP contribution in [0.25, 0.3) is 10.9 Å². The van der Waals surface area contributed by atoms with Crippen molar-refractivity contribution in [1.82, 2.24) is 19.7 Å². The zero-order valence-corrected chi connectivity index (χ0v) is 26.1. The van der Waals surface area contributed by atoms with E-state index in [4.69, 9.17) is 4.74 Å². The molecule has 0 aliphatic heterocycles. The SMILES string of the molecule is CC.[CH2-]/C(C)=C(\C=[C-]c1c[nH]c(=O)[nH]c1=O)C(=NC)OC(c1ccc2cnn(CC(F)(F)F)c2c1)C(F)F.[CH3-].[K+]. The summed E-state index contributed by atoms with van der Waals surface area (Å²) in [5.74, 6) is -0.273. The second-order valence-electron chi connectivity index (χ2n) is 7.61. The molecule has 2 N–H and O–H groups in total. The van der Waals surface area contributed by atoms with Crippen molar-refractivity contribution in [3.8, 4) is 0 Å². The van der Waals surface area contributed by atoms with Crippen molar-refractivity contribution in [3.63, 3.8) is 0 Å². The standard InChI is InChI=1S/C23H20F5N5O3.C2H6.CH3.K/c1-12(2)16(7-6-15-9-30-22(35)32-20(15)34)21(29-3)36-18(19(24)25)13-4-5-14-10-31-33(17(14)8-13)11-23(26,27)28;1-2;;/h4-5,7-10,18-19H,1,11H2,2-3H3,(H2,30,32,34,35);1-2H3;1H3;/q-2;;-1;+1/b16-12-,29-21?;;;. The molecule has 0 radical (unpaired) electrons. The molecule has 0 saturated carbocycles. The zero-order valence-electron chi connectivity index (χ0n) is 23.0. The van der Waals surface area contributed by atoms with E-state index in [0.717, 1.165) is 12.3 Å². The number of hydrogen-bond donors (Lipinski definition) is 2. The summed E-state index contributed by atoms with van der Waals surface area (Å²) in [5.41, 5.74) is -1.16. The van der Waals surface area contributed by atoms with Crippen molar-refractivity contribution in [1.29, 1.82) is 0 Å². The van der Waals surface area contributed by atoms with Crippen LogP contribution in [0.3, 0.4) is 0 Å². The maximum absolute atomic E-state index is 14.1. The smallest absolute Gasteiger partial charge is 0.471 e. The Labute approximate surface area is 270 Å². The fourth-order valence-electron chi connectivity index (χ4n) is 3.22. The molecule has 0 amide bonds. The first-order valence-corrected chi connectivity index (χ1v) is 11.3. The van der Waals surface area contributed by atoms with Crippen LogP contribution >= 0.6 is 0 Å². The van der Waals surface area contributed by atoms with Crippen molar-refractivity contribution < 1.29 is 78.1 Å². The van der Waals surface area contributed by atoms with Gasteiger partial charge in [0.15, 0.2) is 17.6 Å². The minimum absolute atomic E-state index is 0. The van der Waals surface area contributed by atoms with Gasteiger partial charge in [0.1, 0.15) is 6.54 Å². The van der Waals surface area contributed by atoms with Gasteiger partial charge in [0.05, 0.1) is 11.7 Å². The summed E-state index contributed by atoms with van der Waals surface area (Å²) in [6.07, 6.45) is -3.37. The third-order valence-corrected chi connectivity index (χ3v) is 4.88. The van der Waals surface area contributed by atoms with Crippen LogP contribution < -0.4 is 62.6 Å². The van der Waals surface area contributed by atoms with E-state index in [1.807, 2.05) is 18.8 Å². The van der Waals surface area contributed by atoms with E-state index in [0.29, 0.717) is 15.6 Å². The molecule has 40 heavy (non-hydrogen) atoms. The van der Waals surface area contributed by atoms with Gasteiger partial charge in [0, 0.05) is 18.0 Å². The van der Waals surface area contributed by atoms with Crippen LogP contribution in [0.15, 0.2) is 62.4 Å². The number of ether oxygens (including phenoxy) is 1. The molecule has 3 aromatic rings. The number of allylic oxidation sites excluding steroid dienone is 1. The minimum Gasteiger partial charge on any atom is -0.471 e. The van der Waals surface area contributed by atoms with Gasteiger partial charge in [-0.3, -0.25) is 9.67 Å². The molecule has 0 bridgehead atoms. The van der Waals surface area contributed by atoms with Crippen molar-refractivity contribution in [2.75, 3.05) is 7.05 Å². The Hall–Kier alpha value is -2.52.